The summed E-state index contributed by atoms with van der Waals surface area (Å²) in [5, 5.41) is 2.53. The first-order valence-electron chi connectivity index (χ1n) is 5.74. The Balaban J connectivity index is 2.35. The van der Waals surface area contributed by atoms with Crippen molar-refractivity contribution in [3.05, 3.63) is 29.6 Å². The highest BCUT2D eigenvalue weighted by Crippen LogP contribution is 2.08. The molecular formula is C12H16F2N2O2. The summed E-state index contributed by atoms with van der Waals surface area (Å²) in [5.74, 6) is -3.10. The SMILES string of the molecule is COCCCCCNC(=O)c1ccnc(F)c1F. The van der Waals surface area contributed by atoms with E-state index < -0.39 is 17.7 Å². The zero-order valence-corrected chi connectivity index (χ0v) is 10.2. The average molecular weight is 258 g/mol. The third kappa shape index (κ3) is 4.37. The highest BCUT2D eigenvalue weighted by Gasteiger charge is 2.15. The molecule has 1 N–H and O–H groups in total. The number of hydrogen-bond donors (Lipinski definition) is 1. The number of carbonyl (C=O) groups excluding carboxylic acids is 1. The minimum Gasteiger partial charge on any atom is -0.385 e. The number of hydrogen-bond acceptors (Lipinski definition) is 3. The van der Waals surface area contributed by atoms with Crippen LogP contribution in [-0.2, 0) is 4.74 Å². The molecule has 1 aromatic heterocycles. The first-order valence-corrected chi connectivity index (χ1v) is 5.74. The van der Waals surface area contributed by atoms with Crippen LogP contribution in [0.4, 0.5) is 8.78 Å². The summed E-state index contributed by atoms with van der Waals surface area (Å²) in [6, 6.07) is 1.15. The van der Waals surface area contributed by atoms with Crippen molar-refractivity contribution in [2.45, 2.75) is 19.3 Å². The van der Waals surface area contributed by atoms with Gasteiger partial charge in [-0.05, 0) is 25.3 Å². The van der Waals surface area contributed by atoms with E-state index in [9.17, 15) is 13.6 Å². The number of nitrogens with zero attached hydrogens (tertiary/aromatic N) is 1. The molecule has 0 aliphatic heterocycles. The van der Waals surface area contributed by atoms with Gasteiger partial charge in [0.25, 0.3) is 5.91 Å². The largest absolute Gasteiger partial charge is 0.385 e. The lowest BCUT2D eigenvalue weighted by Gasteiger charge is -2.06. The normalized spacial score (nSPS) is 10.4. The van der Waals surface area contributed by atoms with E-state index in [4.69, 9.17) is 4.74 Å². The molecule has 1 rings (SSSR count). The van der Waals surface area contributed by atoms with E-state index in [0.29, 0.717) is 13.2 Å². The van der Waals surface area contributed by atoms with E-state index in [1.165, 1.54) is 0 Å². The van der Waals surface area contributed by atoms with E-state index in [1.807, 2.05) is 0 Å². The first kappa shape index (κ1) is 14.5. The van der Waals surface area contributed by atoms with Gasteiger partial charge in [0.05, 0.1) is 5.56 Å². The van der Waals surface area contributed by atoms with Crippen molar-refractivity contribution >= 4 is 5.91 Å². The maximum Gasteiger partial charge on any atom is 0.254 e. The lowest BCUT2D eigenvalue weighted by Crippen LogP contribution is -2.25. The first-order chi connectivity index (χ1) is 8.66. The number of rotatable bonds is 7. The van der Waals surface area contributed by atoms with Crippen LogP contribution in [0.5, 0.6) is 0 Å². The van der Waals surface area contributed by atoms with Gasteiger partial charge in [-0.1, -0.05) is 0 Å². The number of carbonyl (C=O) groups is 1. The fourth-order valence-corrected chi connectivity index (χ4v) is 1.44. The fraction of sp³-hybridized carbons (Fsp3) is 0.500. The molecule has 100 valence electrons. The van der Waals surface area contributed by atoms with E-state index in [1.54, 1.807) is 7.11 Å². The molecule has 1 aromatic rings. The molecule has 0 unspecified atom stereocenters. The molecule has 0 radical (unpaired) electrons. The van der Waals surface area contributed by atoms with Crippen LogP contribution in [0.15, 0.2) is 12.3 Å². The Kier molecular flexibility index (Phi) is 6.21. The van der Waals surface area contributed by atoms with E-state index in [2.05, 4.69) is 10.3 Å². The molecule has 1 amide bonds. The van der Waals surface area contributed by atoms with Crippen LogP contribution >= 0.6 is 0 Å². The fourth-order valence-electron chi connectivity index (χ4n) is 1.44. The molecule has 0 aliphatic rings. The van der Waals surface area contributed by atoms with Gasteiger partial charge in [0, 0.05) is 26.5 Å². The molecule has 18 heavy (non-hydrogen) atoms. The molecule has 1 heterocycles. The minimum absolute atomic E-state index is 0.320. The maximum absolute atomic E-state index is 13.2. The number of halogens is 2. The highest BCUT2D eigenvalue weighted by molar-refractivity contribution is 5.94. The van der Waals surface area contributed by atoms with Gasteiger partial charge in [0.15, 0.2) is 5.82 Å². The molecule has 4 nitrogen and oxygen atoms in total. The number of ether oxygens (including phenoxy) is 1. The Morgan fingerprint density at radius 2 is 2.17 bits per heavy atom. The number of unbranched alkanes of at least 4 members (excludes halogenated alkanes) is 2. The van der Waals surface area contributed by atoms with Gasteiger partial charge in [-0.2, -0.15) is 4.39 Å². The topological polar surface area (TPSA) is 51.2 Å². The summed E-state index contributed by atoms with van der Waals surface area (Å²) in [4.78, 5) is 14.7. The molecule has 6 heteroatoms. The molecule has 0 aliphatic carbocycles. The molecular weight excluding hydrogens is 242 g/mol. The Bertz CT molecular complexity index is 400. The number of aromatic nitrogens is 1. The van der Waals surface area contributed by atoms with Crippen molar-refractivity contribution < 1.29 is 18.3 Å². The number of nitrogens with one attached hydrogen (secondary N) is 1. The second-order valence-electron chi connectivity index (χ2n) is 3.77. The molecule has 0 aromatic carbocycles. The Labute approximate surface area is 104 Å². The number of pyridine rings is 1. The van der Waals surface area contributed by atoms with Gasteiger partial charge in [0.1, 0.15) is 0 Å². The van der Waals surface area contributed by atoms with Crippen molar-refractivity contribution in [1.29, 1.82) is 0 Å². The number of amides is 1. The summed E-state index contributed by atoms with van der Waals surface area (Å²) < 4.78 is 30.9. The van der Waals surface area contributed by atoms with Gasteiger partial charge in [-0.15, -0.1) is 0 Å². The molecule has 0 spiro atoms. The molecule has 0 saturated carbocycles. The smallest absolute Gasteiger partial charge is 0.254 e. The van der Waals surface area contributed by atoms with Gasteiger partial charge in [0.2, 0.25) is 5.95 Å². The second kappa shape index (κ2) is 7.71. The summed E-state index contributed by atoms with van der Waals surface area (Å²) in [6.45, 7) is 1.10. The zero-order chi connectivity index (χ0) is 13.4. The van der Waals surface area contributed by atoms with E-state index in [0.717, 1.165) is 31.5 Å². The van der Waals surface area contributed by atoms with E-state index >= 15 is 0 Å². The Morgan fingerprint density at radius 3 is 2.89 bits per heavy atom. The zero-order valence-electron chi connectivity index (χ0n) is 10.2. The van der Waals surface area contributed by atoms with Crippen molar-refractivity contribution in [3.63, 3.8) is 0 Å². The monoisotopic (exact) mass is 258 g/mol. The predicted molar refractivity (Wildman–Crippen MR) is 62.2 cm³/mol. The Morgan fingerprint density at radius 1 is 1.39 bits per heavy atom. The van der Waals surface area contributed by atoms with Gasteiger partial charge in [-0.25, -0.2) is 9.37 Å². The van der Waals surface area contributed by atoms with Crippen LogP contribution in [0, 0.1) is 11.8 Å². The van der Waals surface area contributed by atoms with Crippen LogP contribution in [0.3, 0.4) is 0 Å². The Hall–Kier alpha value is -1.56. The molecule has 0 fully saturated rings. The quantitative estimate of drug-likeness (QED) is 0.600. The van der Waals surface area contributed by atoms with Crippen molar-refractivity contribution in [2.75, 3.05) is 20.3 Å². The molecule has 0 bridgehead atoms. The van der Waals surface area contributed by atoms with E-state index in [-0.39, 0.29) is 5.56 Å². The van der Waals surface area contributed by atoms with Crippen LogP contribution in [0.2, 0.25) is 0 Å². The molecule has 0 saturated heterocycles. The van der Waals surface area contributed by atoms with Gasteiger partial charge in [-0.3, -0.25) is 4.79 Å². The summed E-state index contributed by atoms with van der Waals surface area (Å²) >= 11 is 0. The number of methoxy groups -OCH3 is 1. The van der Waals surface area contributed by atoms with Crippen molar-refractivity contribution in [1.82, 2.24) is 10.3 Å². The lowest BCUT2D eigenvalue weighted by atomic mass is 10.2. The average Bonchev–Trinajstić information content (AvgIpc) is 2.36. The van der Waals surface area contributed by atoms with Gasteiger partial charge >= 0.3 is 0 Å². The second-order valence-corrected chi connectivity index (χ2v) is 3.77. The van der Waals surface area contributed by atoms with Gasteiger partial charge < -0.3 is 10.1 Å². The minimum atomic E-state index is -1.26. The third-order valence-electron chi connectivity index (χ3n) is 2.40. The predicted octanol–water partition coefficient (Wildman–Crippen LogP) is 1.91. The van der Waals surface area contributed by atoms with Crippen LogP contribution in [0.1, 0.15) is 29.6 Å². The maximum atomic E-state index is 13.2. The van der Waals surface area contributed by atoms with Crippen LogP contribution in [0.25, 0.3) is 0 Å². The van der Waals surface area contributed by atoms with Crippen LogP contribution < -0.4 is 5.32 Å². The van der Waals surface area contributed by atoms with Crippen LogP contribution in [-0.4, -0.2) is 31.2 Å². The summed E-state index contributed by atoms with van der Waals surface area (Å²) in [7, 11) is 1.63. The standard InChI is InChI=1S/C12H16F2N2O2/c1-18-8-4-2-3-6-16-12(17)9-5-7-15-11(14)10(9)13/h5,7H,2-4,6,8H2,1H3,(H,16,17). The summed E-state index contributed by atoms with van der Waals surface area (Å²) in [6.07, 6.45) is 3.64. The van der Waals surface area contributed by atoms with Crippen molar-refractivity contribution in [3.8, 4) is 0 Å². The third-order valence-corrected chi connectivity index (χ3v) is 2.40. The molecule has 0 atom stereocenters. The summed E-state index contributed by atoms with van der Waals surface area (Å²) in [5.41, 5.74) is -0.320. The highest BCUT2D eigenvalue weighted by atomic mass is 19.2. The van der Waals surface area contributed by atoms with Crippen molar-refractivity contribution in [2.24, 2.45) is 0 Å². The lowest BCUT2D eigenvalue weighted by molar-refractivity contribution is 0.0947.